The molecule has 33 heavy (non-hydrogen) atoms. The van der Waals surface area contributed by atoms with Crippen LogP contribution in [-0.4, -0.2) is 63.8 Å². The standard InChI is InChI=1S/C19H16N4O8S2/c24-9(25)6-32-18-20-14(28)12(15(29)21-18)11(8-4-2-1-3-5-8)13-16(30)22-19(23-17(13)31)33-7-10(26)27/h1-5,11H,6-7H2,(H,24,25)(H,26,27)(H2,20,21,28,29)(H2,22,23,30,31). The Morgan fingerprint density at radius 3 is 1.61 bits per heavy atom. The molecule has 0 saturated carbocycles. The Bertz CT molecular complexity index is 1230. The Hall–Kier alpha value is -3.78. The largest absolute Gasteiger partial charge is 0.493 e. The lowest BCUT2D eigenvalue weighted by atomic mass is 9.87. The van der Waals surface area contributed by atoms with Crippen LogP contribution in [-0.2, 0) is 9.59 Å². The first kappa shape index (κ1) is 23.9. The van der Waals surface area contributed by atoms with Gasteiger partial charge in [-0.1, -0.05) is 53.9 Å². The molecule has 2 heterocycles. The second-order valence-electron chi connectivity index (χ2n) is 6.43. The lowest BCUT2D eigenvalue weighted by Crippen LogP contribution is -2.26. The molecule has 0 amide bonds. The van der Waals surface area contributed by atoms with Gasteiger partial charge >= 0.3 is 11.9 Å². The molecule has 3 rings (SSSR count). The highest BCUT2D eigenvalue weighted by Gasteiger charge is 2.31. The smallest absolute Gasteiger partial charge is 0.313 e. The van der Waals surface area contributed by atoms with E-state index < -0.39 is 52.2 Å². The Labute approximate surface area is 192 Å². The van der Waals surface area contributed by atoms with E-state index in [0.29, 0.717) is 29.1 Å². The van der Waals surface area contributed by atoms with E-state index in [1.807, 2.05) is 0 Å². The predicted octanol–water partition coefficient (Wildman–Crippen LogP) is 0.798. The minimum atomic E-state index is -1.30. The number of hydrogen-bond donors (Lipinski definition) is 6. The van der Waals surface area contributed by atoms with Crippen molar-refractivity contribution in [3.05, 3.63) is 67.7 Å². The fourth-order valence-electron chi connectivity index (χ4n) is 2.94. The number of aromatic amines is 2. The molecule has 0 bridgehead atoms. The van der Waals surface area contributed by atoms with Gasteiger partial charge in [-0.3, -0.25) is 19.2 Å². The molecule has 0 aliphatic rings. The van der Waals surface area contributed by atoms with E-state index in [-0.39, 0.29) is 21.4 Å². The maximum atomic E-state index is 12.9. The zero-order valence-electron chi connectivity index (χ0n) is 16.5. The molecule has 1 aromatic carbocycles. The van der Waals surface area contributed by atoms with Crippen molar-refractivity contribution in [3.63, 3.8) is 0 Å². The van der Waals surface area contributed by atoms with Gasteiger partial charge in [0, 0.05) is 0 Å². The van der Waals surface area contributed by atoms with Crippen LogP contribution in [0.5, 0.6) is 11.8 Å². The van der Waals surface area contributed by atoms with Gasteiger partial charge in [0.25, 0.3) is 11.1 Å². The van der Waals surface area contributed by atoms with E-state index in [1.165, 1.54) is 0 Å². The highest BCUT2D eigenvalue weighted by Crippen LogP contribution is 2.36. The van der Waals surface area contributed by atoms with Gasteiger partial charge < -0.3 is 30.4 Å². The van der Waals surface area contributed by atoms with Crippen molar-refractivity contribution in [2.75, 3.05) is 11.5 Å². The second-order valence-corrected chi connectivity index (χ2v) is 8.35. The first-order valence-corrected chi connectivity index (χ1v) is 11.0. The summed E-state index contributed by atoms with van der Waals surface area (Å²) in [5.41, 5.74) is -2.09. The molecule has 3 aromatic rings. The van der Waals surface area contributed by atoms with Crippen molar-refractivity contribution in [2.45, 2.75) is 16.2 Å². The van der Waals surface area contributed by atoms with E-state index >= 15 is 0 Å². The van der Waals surface area contributed by atoms with Gasteiger partial charge in [0.05, 0.1) is 28.6 Å². The van der Waals surface area contributed by atoms with Crippen LogP contribution in [0.1, 0.15) is 22.6 Å². The van der Waals surface area contributed by atoms with Crippen molar-refractivity contribution in [1.29, 1.82) is 0 Å². The molecule has 12 nitrogen and oxygen atoms in total. The van der Waals surface area contributed by atoms with Crippen LogP contribution in [0.25, 0.3) is 0 Å². The van der Waals surface area contributed by atoms with Crippen LogP contribution >= 0.6 is 23.5 Å². The van der Waals surface area contributed by atoms with Crippen LogP contribution < -0.4 is 11.1 Å². The highest BCUT2D eigenvalue weighted by atomic mass is 32.2. The third kappa shape index (κ3) is 5.72. The number of nitrogens with one attached hydrogen (secondary N) is 2. The topological polar surface area (TPSA) is 207 Å². The molecular weight excluding hydrogens is 476 g/mol. The summed E-state index contributed by atoms with van der Waals surface area (Å²) in [6.45, 7) is 0. The zero-order chi connectivity index (χ0) is 24.1. The predicted molar refractivity (Wildman–Crippen MR) is 117 cm³/mol. The maximum Gasteiger partial charge on any atom is 0.313 e. The number of aliphatic carboxylic acids is 2. The number of H-pyrrole nitrogens is 2. The number of carbonyl (C=O) groups is 2. The lowest BCUT2D eigenvalue weighted by Gasteiger charge is -2.18. The van der Waals surface area contributed by atoms with Crippen LogP contribution in [0.15, 0.2) is 50.2 Å². The monoisotopic (exact) mass is 492 g/mol. The third-order valence-corrected chi connectivity index (χ3v) is 5.92. The van der Waals surface area contributed by atoms with Crippen molar-refractivity contribution in [3.8, 4) is 11.8 Å². The molecule has 0 unspecified atom stereocenters. The molecule has 0 aliphatic heterocycles. The van der Waals surface area contributed by atoms with Crippen molar-refractivity contribution in [1.82, 2.24) is 19.9 Å². The number of hydrogen-bond acceptors (Lipinski definition) is 10. The molecular formula is C19H16N4O8S2. The summed E-state index contributed by atoms with van der Waals surface area (Å²) in [7, 11) is 0. The summed E-state index contributed by atoms with van der Waals surface area (Å²) in [5, 5.41) is 38.4. The van der Waals surface area contributed by atoms with Gasteiger partial charge in [0.1, 0.15) is 0 Å². The summed E-state index contributed by atoms with van der Waals surface area (Å²) in [6.07, 6.45) is 0. The fraction of sp³-hybridized carbons (Fsp3) is 0.158. The summed E-state index contributed by atoms with van der Waals surface area (Å²) >= 11 is 1.36. The van der Waals surface area contributed by atoms with Crippen LogP contribution in [0.4, 0.5) is 0 Å². The molecule has 2 aromatic heterocycles. The number of aromatic nitrogens is 4. The van der Waals surface area contributed by atoms with Gasteiger partial charge in [-0.15, -0.1) is 0 Å². The summed E-state index contributed by atoms with van der Waals surface area (Å²) in [6, 6.07) is 8.04. The average molecular weight is 492 g/mol. The molecule has 0 aliphatic carbocycles. The molecule has 172 valence electrons. The third-order valence-electron chi connectivity index (χ3n) is 4.20. The van der Waals surface area contributed by atoms with Gasteiger partial charge in [0.2, 0.25) is 11.8 Å². The number of aromatic hydroxyl groups is 2. The van der Waals surface area contributed by atoms with E-state index in [2.05, 4.69) is 19.9 Å². The van der Waals surface area contributed by atoms with Gasteiger partial charge in [-0.05, 0) is 5.56 Å². The lowest BCUT2D eigenvalue weighted by molar-refractivity contribution is -0.134. The number of carboxylic acid groups (broad SMARTS) is 2. The molecule has 0 fully saturated rings. The Balaban J connectivity index is 2.16. The van der Waals surface area contributed by atoms with Gasteiger partial charge in [-0.25, -0.2) is 0 Å². The van der Waals surface area contributed by atoms with Gasteiger partial charge in [0.15, 0.2) is 10.3 Å². The van der Waals surface area contributed by atoms with Crippen molar-refractivity contribution < 1.29 is 30.0 Å². The number of carboxylic acids is 2. The first-order chi connectivity index (χ1) is 15.7. The summed E-state index contributed by atoms with van der Waals surface area (Å²) in [5.74, 6) is -5.95. The second kappa shape index (κ2) is 10.2. The Kier molecular flexibility index (Phi) is 7.40. The van der Waals surface area contributed by atoms with Crippen LogP contribution in [0.3, 0.4) is 0 Å². The Morgan fingerprint density at radius 2 is 1.24 bits per heavy atom. The summed E-state index contributed by atoms with van der Waals surface area (Å²) in [4.78, 5) is 59.6. The fourth-order valence-corrected chi connectivity index (χ4v) is 4.09. The summed E-state index contributed by atoms with van der Waals surface area (Å²) < 4.78 is 0. The average Bonchev–Trinajstić information content (AvgIpc) is 2.75. The minimum absolute atomic E-state index is 0.146. The first-order valence-electron chi connectivity index (χ1n) is 9.07. The molecule has 0 spiro atoms. The number of thioether (sulfide) groups is 2. The zero-order valence-corrected chi connectivity index (χ0v) is 18.1. The molecule has 0 atom stereocenters. The number of benzene rings is 1. The van der Waals surface area contributed by atoms with E-state index in [9.17, 15) is 29.4 Å². The molecule has 0 radical (unpaired) electrons. The van der Waals surface area contributed by atoms with E-state index in [1.54, 1.807) is 30.3 Å². The highest BCUT2D eigenvalue weighted by molar-refractivity contribution is 8.00. The van der Waals surface area contributed by atoms with E-state index in [4.69, 9.17) is 10.2 Å². The number of nitrogens with zero attached hydrogens (tertiary/aromatic N) is 2. The quantitative estimate of drug-likeness (QED) is 0.181. The van der Waals surface area contributed by atoms with Crippen molar-refractivity contribution in [2.24, 2.45) is 0 Å². The minimum Gasteiger partial charge on any atom is -0.493 e. The van der Waals surface area contributed by atoms with Crippen molar-refractivity contribution >= 4 is 35.5 Å². The molecule has 14 heteroatoms. The number of rotatable bonds is 9. The Morgan fingerprint density at radius 1 is 0.818 bits per heavy atom. The molecule has 0 saturated heterocycles. The van der Waals surface area contributed by atoms with Crippen LogP contribution in [0, 0.1) is 0 Å². The molecule has 6 N–H and O–H groups in total. The normalized spacial score (nSPS) is 10.9. The SMILES string of the molecule is O=C(O)CSc1nc(O)c(C(c2ccccc2)c2c(O)nc(SCC(=O)O)[nH]c2=O)c(=O)[nH]1. The van der Waals surface area contributed by atoms with Gasteiger partial charge in [-0.2, -0.15) is 9.97 Å². The van der Waals surface area contributed by atoms with Crippen LogP contribution in [0.2, 0.25) is 0 Å². The van der Waals surface area contributed by atoms with E-state index in [0.717, 1.165) is 0 Å². The maximum absolute atomic E-state index is 12.9.